The van der Waals surface area contributed by atoms with Gasteiger partial charge in [-0.05, 0) is 43.5 Å². The standard InChI is InChI=1S/C18H20FN5O2/c1-25-13-8-6-12(7-9-13)21-16-15-17(23-18(19)22-16)24(11-20-15)14-5-3-2-4-10-26-14/h6-9,11,14H,2-5,10H2,1H3,(H,21,22,23). The zero-order valence-electron chi connectivity index (χ0n) is 14.5. The number of anilines is 2. The van der Waals surface area contributed by atoms with Crippen molar-refractivity contribution in [3.05, 3.63) is 36.7 Å². The zero-order valence-corrected chi connectivity index (χ0v) is 14.5. The maximum absolute atomic E-state index is 14.1. The normalized spacial score (nSPS) is 17.8. The lowest BCUT2D eigenvalue weighted by atomic mass is 10.2. The van der Waals surface area contributed by atoms with Crippen LogP contribution in [0.5, 0.6) is 5.75 Å². The largest absolute Gasteiger partial charge is 0.497 e. The van der Waals surface area contributed by atoms with E-state index in [0.717, 1.165) is 37.1 Å². The third kappa shape index (κ3) is 3.32. The molecule has 1 N–H and O–H groups in total. The minimum atomic E-state index is -0.802. The lowest BCUT2D eigenvalue weighted by Gasteiger charge is -2.17. The molecule has 0 saturated carbocycles. The molecule has 0 bridgehead atoms. The van der Waals surface area contributed by atoms with Crippen molar-refractivity contribution in [2.45, 2.75) is 31.9 Å². The van der Waals surface area contributed by atoms with Crippen molar-refractivity contribution in [1.82, 2.24) is 19.5 Å². The maximum Gasteiger partial charge on any atom is 0.312 e. The van der Waals surface area contributed by atoms with Crippen molar-refractivity contribution in [3.63, 3.8) is 0 Å². The smallest absolute Gasteiger partial charge is 0.312 e. The van der Waals surface area contributed by atoms with Gasteiger partial charge in [0.15, 0.2) is 17.0 Å². The summed E-state index contributed by atoms with van der Waals surface area (Å²) in [6, 6.07) is 7.29. The highest BCUT2D eigenvalue weighted by Crippen LogP contribution is 2.29. The van der Waals surface area contributed by atoms with Crippen molar-refractivity contribution in [1.29, 1.82) is 0 Å². The summed E-state index contributed by atoms with van der Waals surface area (Å²) >= 11 is 0. The van der Waals surface area contributed by atoms with Gasteiger partial charge in [-0.3, -0.25) is 4.57 Å². The van der Waals surface area contributed by atoms with E-state index in [1.165, 1.54) is 0 Å². The molecule has 8 heteroatoms. The first-order valence-electron chi connectivity index (χ1n) is 8.67. The summed E-state index contributed by atoms with van der Waals surface area (Å²) in [5, 5.41) is 3.10. The molecule has 1 aliphatic rings. The highest BCUT2D eigenvalue weighted by Gasteiger charge is 2.20. The Morgan fingerprint density at radius 1 is 1.19 bits per heavy atom. The number of halogens is 1. The number of ether oxygens (including phenoxy) is 2. The van der Waals surface area contributed by atoms with Crippen molar-refractivity contribution < 1.29 is 13.9 Å². The number of hydrogen-bond donors (Lipinski definition) is 1. The number of methoxy groups -OCH3 is 1. The lowest BCUT2D eigenvalue weighted by molar-refractivity contribution is 0.00928. The van der Waals surface area contributed by atoms with Crippen LogP contribution in [0.2, 0.25) is 0 Å². The Kier molecular flexibility index (Phi) is 4.66. The van der Waals surface area contributed by atoms with E-state index in [0.29, 0.717) is 23.6 Å². The second-order valence-corrected chi connectivity index (χ2v) is 6.19. The van der Waals surface area contributed by atoms with E-state index >= 15 is 0 Å². The van der Waals surface area contributed by atoms with Gasteiger partial charge in [-0.15, -0.1) is 0 Å². The van der Waals surface area contributed by atoms with E-state index in [9.17, 15) is 4.39 Å². The van der Waals surface area contributed by atoms with Crippen LogP contribution in [0.3, 0.4) is 0 Å². The number of rotatable bonds is 4. The second kappa shape index (κ2) is 7.25. The summed E-state index contributed by atoms with van der Waals surface area (Å²) in [5.41, 5.74) is 1.70. The van der Waals surface area contributed by atoms with Crippen molar-refractivity contribution in [2.75, 3.05) is 19.0 Å². The fraction of sp³-hybridized carbons (Fsp3) is 0.389. The fourth-order valence-corrected chi connectivity index (χ4v) is 3.12. The second-order valence-electron chi connectivity index (χ2n) is 6.19. The number of benzene rings is 1. The molecule has 7 nitrogen and oxygen atoms in total. The van der Waals surface area contributed by atoms with Crippen LogP contribution in [0, 0.1) is 6.08 Å². The van der Waals surface area contributed by atoms with Crippen LogP contribution in [0.1, 0.15) is 31.9 Å². The Bertz CT molecular complexity index is 888. The van der Waals surface area contributed by atoms with Gasteiger partial charge in [0.25, 0.3) is 0 Å². The number of fused-ring (bicyclic) bond motifs is 1. The number of imidazole rings is 1. The molecule has 136 valence electrons. The van der Waals surface area contributed by atoms with E-state index < -0.39 is 6.08 Å². The van der Waals surface area contributed by atoms with Gasteiger partial charge < -0.3 is 14.8 Å². The predicted molar refractivity (Wildman–Crippen MR) is 95.0 cm³/mol. The summed E-state index contributed by atoms with van der Waals surface area (Å²) in [7, 11) is 1.61. The fourth-order valence-electron chi connectivity index (χ4n) is 3.12. The Hall–Kier alpha value is -2.74. The number of nitrogens with zero attached hydrogens (tertiary/aromatic N) is 4. The van der Waals surface area contributed by atoms with Crippen LogP contribution in [0.25, 0.3) is 11.2 Å². The Morgan fingerprint density at radius 2 is 2.04 bits per heavy atom. The Labute approximate surface area is 150 Å². The molecule has 1 aliphatic heterocycles. The highest BCUT2D eigenvalue weighted by molar-refractivity contribution is 5.85. The van der Waals surface area contributed by atoms with Crippen molar-refractivity contribution in [3.8, 4) is 5.75 Å². The van der Waals surface area contributed by atoms with Gasteiger partial charge in [-0.2, -0.15) is 14.4 Å². The molecule has 0 spiro atoms. The molecule has 1 unspecified atom stereocenters. The summed E-state index contributed by atoms with van der Waals surface area (Å²) < 4.78 is 26.9. The Balaban J connectivity index is 1.68. The topological polar surface area (TPSA) is 74.1 Å². The monoisotopic (exact) mass is 357 g/mol. The van der Waals surface area contributed by atoms with Crippen LogP contribution in [-0.4, -0.2) is 33.2 Å². The van der Waals surface area contributed by atoms with Crippen LogP contribution in [-0.2, 0) is 4.74 Å². The highest BCUT2D eigenvalue weighted by atomic mass is 19.1. The summed E-state index contributed by atoms with van der Waals surface area (Å²) in [6.07, 6.45) is 4.77. The third-order valence-electron chi connectivity index (χ3n) is 4.46. The van der Waals surface area contributed by atoms with Gasteiger partial charge in [0.2, 0.25) is 0 Å². The van der Waals surface area contributed by atoms with Crippen LogP contribution in [0.4, 0.5) is 15.9 Å². The molecule has 0 amide bonds. The summed E-state index contributed by atoms with van der Waals surface area (Å²) in [4.78, 5) is 12.2. The molecule has 1 fully saturated rings. The molecule has 0 aliphatic carbocycles. The van der Waals surface area contributed by atoms with Crippen molar-refractivity contribution in [2.24, 2.45) is 0 Å². The van der Waals surface area contributed by atoms with Gasteiger partial charge in [-0.25, -0.2) is 4.98 Å². The minimum absolute atomic E-state index is 0.175. The molecule has 3 heterocycles. The molecule has 0 radical (unpaired) electrons. The van der Waals surface area contributed by atoms with Gasteiger partial charge in [0.1, 0.15) is 12.0 Å². The quantitative estimate of drug-likeness (QED) is 0.716. The molecular formula is C18H20FN5O2. The molecule has 1 atom stereocenters. The molecular weight excluding hydrogens is 337 g/mol. The van der Waals surface area contributed by atoms with Crippen LogP contribution >= 0.6 is 0 Å². The van der Waals surface area contributed by atoms with E-state index in [4.69, 9.17) is 9.47 Å². The van der Waals surface area contributed by atoms with E-state index in [2.05, 4.69) is 20.3 Å². The van der Waals surface area contributed by atoms with E-state index in [-0.39, 0.29) is 6.23 Å². The predicted octanol–water partition coefficient (Wildman–Crippen LogP) is 3.81. The van der Waals surface area contributed by atoms with Crippen molar-refractivity contribution >= 4 is 22.7 Å². The average molecular weight is 357 g/mol. The van der Waals surface area contributed by atoms with Gasteiger partial charge >= 0.3 is 6.08 Å². The average Bonchev–Trinajstić information content (AvgIpc) is 2.89. The van der Waals surface area contributed by atoms with Gasteiger partial charge in [0.05, 0.1) is 13.4 Å². The molecule has 26 heavy (non-hydrogen) atoms. The van der Waals surface area contributed by atoms with Gasteiger partial charge in [-0.1, -0.05) is 6.42 Å². The SMILES string of the molecule is COc1ccc(Nc2nc(F)nc3c2ncn3C2CCCCCO2)cc1. The van der Waals surface area contributed by atoms with Crippen LogP contribution < -0.4 is 10.1 Å². The minimum Gasteiger partial charge on any atom is -0.497 e. The van der Waals surface area contributed by atoms with E-state index in [1.807, 2.05) is 24.3 Å². The first-order valence-corrected chi connectivity index (χ1v) is 8.67. The molecule has 1 saturated heterocycles. The maximum atomic E-state index is 14.1. The Morgan fingerprint density at radius 3 is 2.85 bits per heavy atom. The summed E-state index contributed by atoms with van der Waals surface area (Å²) in [6.45, 7) is 0.689. The lowest BCUT2D eigenvalue weighted by Crippen LogP contribution is -2.12. The molecule has 1 aromatic carbocycles. The first kappa shape index (κ1) is 16.7. The number of aromatic nitrogens is 4. The van der Waals surface area contributed by atoms with Gasteiger partial charge in [0, 0.05) is 12.3 Å². The number of nitrogens with one attached hydrogen (secondary N) is 1. The zero-order chi connectivity index (χ0) is 17.9. The molecule has 4 rings (SSSR count). The van der Waals surface area contributed by atoms with Crippen LogP contribution in [0.15, 0.2) is 30.6 Å². The third-order valence-corrected chi connectivity index (χ3v) is 4.46. The van der Waals surface area contributed by atoms with E-state index in [1.54, 1.807) is 18.0 Å². The number of hydrogen-bond acceptors (Lipinski definition) is 6. The first-order chi connectivity index (χ1) is 12.7. The summed E-state index contributed by atoms with van der Waals surface area (Å²) in [5.74, 6) is 1.06. The molecule has 3 aromatic rings. The molecule has 2 aromatic heterocycles.